The zero-order chi connectivity index (χ0) is 18.1. The van der Waals surface area contributed by atoms with Crippen molar-refractivity contribution in [3.8, 4) is 10.6 Å². The molecule has 0 aliphatic carbocycles. The van der Waals surface area contributed by atoms with E-state index in [1.165, 1.54) is 0 Å². The summed E-state index contributed by atoms with van der Waals surface area (Å²) >= 11 is 1.67. The van der Waals surface area contributed by atoms with E-state index in [-0.39, 0.29) is 5.91 Å². The Hall–Kier alpha value is -2.98. The molecule has 4 heteroatoms. The number of nitrogens with zero attached hydrogens (tertiary/aromatic N) is 1. The lowest BCUT2D eigenvalue weighted by Gasteiger charge is -2.11. The summed E-state index contributed by atoms with van der Waals surface area (Å²) in [4.78, 5) is 17.3. The largest absolute Gasteiger partial charge is 0.322 e. The highest BCUT2D eigenvalue weighted by molar-refractivity contribution is 7.21. The first-order valence-corrected chi connectivity index (χ1v) is 9.27. The van der Waals surface area contributed by atoms with E-state index in [0.717, 1.165) is 37.6 Å². The van der Waals surface area contributed by atoms with Gasteiger partial charge in [-0.2, -0.15) is 0 Å². The maximum absolute atomic E-state index is 12.5. The average molecular weight is 358 g/mol. The Labute approximate surface area is 156 Å². The summed E-state index contributed by atoms with van der Waals surface area (Å²) in [6.07, 6.45) is 0. The van der Waals surface area contributed by atoms with Crippen LogP contribution in [0.3, 0.4) is 0 Å². The molecule has 0 saturated carbocycles. The number of para-hydroxylation sites is 1. The quantitative estimate of drug-likeness (QED) is 0.500. The van der Waals surface area contributed by atoms with Crippen molar-refractivity contribution in [1.29, 1.82) is 0 Å². The van der Waals surface area contributed by atoms with E-state index in [2.05, 4.69) is 17.4 Å². The minimum atomic E-state index is -0.102. The fraction of sp³-hybridized carbons (Fsp3) is 0.0909. The number of hydrogen-bond acceptors (Lipinski definition) is 3. The normalized spacial score (nSPS) is 10.8. The lowest BCUT2D eigenvalue weighted by Crippen LogP contribution is -2.12. The predicted octanol–water partition coefficient (Wildman–Crippen LogP) is 5.83. The van der Waals surface area contributed by atoms with Gasteiger partial charge in [-0.15, -0.1) is 11.3 Å². The second kappa shape index (κ2) is 6.73. The van der Waals surface area contributed by atoms with Crippen LogP contribution in [0.25, 0.3) is 20.8 Å². The molecule has 26 heavy (non-hydrogen) atoms. The average Bonchev–Trinajstić information content (AvgIpc) is 3.08. The molecular weight excluding hydrogens is 340 g/mol. The minimum absolute atomic E-state index is 0.102. The standard InChI is InChI=1S/C22H18N2OS/c1-14-10-12-16(13-11-14)21(25)23-18-8-5-6-17(15(18)2)22-24-19-7-3-4-9-20(19)26-22/h3-13H,1-2H3,(H,23,25). The van der Waals surface area contributed by atoms with Gasteiger partial charge in [0, 0.05) is 16.8 Å². The van der Waals surface area contributed by atoms with Gasteiger partial charge in [0.15, 0.2) is 0 Å². The van der Waals surface area contributed by atoms with Crippen LogP contribution in [0.4, 0.5) is 5.69 Å². The number of carbonyl (C=O) groups is 1. The first-order valence-electron chi connectivity index (χ1n) is 8.45. The molecule has 4 rings (SSSR count). The molecular formula is C22H18N2OS. The van der Waals surface area contributed by atoms with Gasteiger partial charge in [0.1, 0.15) is 5.01 Å². The zero-order valence-corrected chi connectivity index (χ0v) is 15.4. The summed E-state index contributed by atoms with van der Waals surface area (Å²) in [5.41, 5.74) is 5.67. The van der Waals surface area contributed by atoms with Crippen LogP contribution >= 0.6 is 11.3 Å². The van der Waals surface area contributed by atoms with Gasteiger partial charge < -0.3 is 5.32 Å². The van der Waals surface area contributed by atoms with Crippen LogP contribution in [0.15, 0.2) is 66.7 Å². The number of carbonyl (C=O) groups excluding carboxylic acids is 1. The van der Waals surface area contributed by atoms with E-state index in [9.17, 15) is 4.79 Å². The van der Waals surface area contributed by atoms with E-state index in [4.69, 9.17) is 4.98 Å². The lowest BCUT2D eigenvalue weighted by atomic mass is 10.1. The fourth-order valence-electron chi connectivity index (χ4n) is 2.89. The number of nitrogens with one attached hydrogen (secondary N) is 1. The predicted molar refractivity (Wildman–Crippen MR) is 109 cm³/mol. The van der Waals surface area contributed by atoms with Gasteiger partial charge in [-0.3, -0.25) is 4.79 Å². The van der Waals surface area contributed by atoms with Crippen molar-refractivity contribution >= 4 is 33.1 Å². The summed E-state index contributed by atoms with van der Waals surface area (Å²) in [5, 5.41) is 4.00. The minimum Gasteiger partial charge on any atom is -0.322 e. The fourth-order valence-corrected chi connectivity index (χ4v) is 3.94. The first kappa shape index (κ1) is 16.5. The Bertz CT molecular complexity index is 1060. The van der Waals surface area contributed by atoms with Crippen LogP contribution in [0.5, 0.6) is 0 Å². The van der Waals surface area contributed by atoms with Crippen LogP contribution in [-0.2, 0) is 0 Å². The monoisotopic (exact) mass is 358 g/mol. The van der Waals surface area contributed by atoms with Crippen molar-refractivity contribution in [3.05, 3.63) is 83.4 Å². The molecule has 0 atom stereocenters. The van der Waals surface area contributed by atoms with Gasteiger partial charge in [0.05, 0.1) is 10.2 Å². The molecule has 0 aliphatic rings. The molecule has 3 aromatic carbocycles. The lowest BCUT2D eigenvalue weighted by molar-refractivity contribution is 0.102. The van der Waals surface area contributed by atoms with Gasteiger partial charge in [-0.05, 0) is 49.7 Å². The Morgan fingerprint density at radius 1 is 0.923 bits per heavy atom. The number of fused-ring (bicyclic) bond motifs is 1. The molecule has 1 N–H and O–H groups in total. The third kappa shape index (κ3) is 3.11. The van der Waals surface area contributed by atoms with Crippen molar-refractivity contribution in [2.75, 3.05) is 5.32 Å². The Kier molecular flexibility index (Phi) is 4.27. The van der Waals surface area contributed by atoms with Crippen LogP contribution in [0.2, 0.25) is 0 Å². The Morgan fingerprint density at radius 2 is 1.69 bits per heavy atom. The van der Waals surface area contributed by atoms with E-state index >= 15 is 0 Å². The van der Waals surface area contributed by atoms with Gasteiger partial charge >= 0.3 is 0 Å². The molecule has 4 aromatic rings. The van der Waals surface area contributed by atoms with Crippen LogP contribution in [0, 0.1) is 13.8 Å². The Balaban J connectivity index is 1.67. The number of aryl methyl sites for hydroxylation is 1. The molecule has 0 fully saturated rings. The molecule has 0 spiro atoms. The molecule has 0 bridgehead atoms. The summed E-state index contributed by atoms with van der Waals surface area (Å²) in [6.45, 7) is 4.03. The third-order valence-electron chi connectivity index (χ3n) is 4.42. The van der Waals surface area contributed by atoms with E-state index < -0.39 is 0 Å². The number of thiazole rings is 1. The van der Waals surface area contributed by atoms with Crippen molar-refractivity contribution in [1.82, 2.24) is 4.98 Å². The molecule has 0 radical (unpaired) electrons. The van der Waals surface area contributed by atoms with E-state index in [0.29, 0.717) is 5.56 Å². The maximum Gasteiger partial charge on any atom is 0.255 e. The van der Waals surface area contributed by atoms with Crippen LogP contribution < -0.4 is 5.32 Å². The molecule has 1 heterocycles. The SMILES string of the molecule is Cc1ccc(C(=O)Nc2cccc(-c3nc4ccccc4s3)c2C)cc1. The summed E-state index contributed by atoms with van der Waals surface area (Å²) in [7, 11) is 0. The van der Waals surface area contributed by atoms with Crippen molar-refractivity contribution in [3.63, 3.8) is 0 Å². The molecule has 0 unspecified atom stereocenters. The number of benzene rings is 3. The molecule has 0 saturated heterocycles. The molecule has 1 aromatic heterocycles. The molecule has 1 amide bonds. The number of hydrogen-bond donors (Lipinski definition) is 1. The number of rotatable bonds is 3. The van der Waals surface area contributed by atoms with E-state index in [1.54, 1.807) is 11.3 Å². The second-order valence-corrected chi connectivity index (χ2v) is 7.32. The first-order chi connectivity index (χ1) is 12.6. The smallest absolute Gasteiger partial charge is 0.255 e. The Morgan fingerprint density at radius 3 is 2.46 bits per heavy atom. The highest BCUT2D eigenvalue weighted by Gasteiger charge is 2.13. The van der Waals surface area contributed by atoms with Crippen molar-refractivity contribution in [2.45, 2.75) is 13.8 Å². The van der Waals surface area contributed by atoms with Crippen molar-refractivity contribution < 1.29 is 4.79 Å². The molecule has 3 nitrogen and oxygen atoms in total. The van der Waals surface area contributed by atoms with Gasteiger partial charge in [0.2, 0.25) is 0 Å². The summed E-state index contributed by atoms with van der Waals surface area (Å²) in [6, 6.07) is 21.6. The van der Waals surface area contributed by atoms with Gasteiger partial charge in [-0.25, -0.2) is 4.98 Å². The highest BCUT2D eigenvalue weighted by Crippen LogP contribution is 2.34. The van der Waals surface area contributed by atoms with Crippen LogP contribution in [-0.4, -0.2) is 10.9 Å². The summed E-state index contributed by atoms with van der Waals surface area (Å²) in [5.74, 6) is -0.102. The number of anilines is 1. The third-order valence-corrected chi connectivity index (χ3v) is 5.49. The topological polar surface area (TPSA) is 42.0 Å². The maximum atomic E-state index is 12.5. The number of amides is 1. The second-order valence-electron chi connectivity index (χ2n) is 6.29. The molecule has 128 valence electrons. The van der Waals surface area contributed by atoms with Gasteiger partial charge in [0.25, 0.3) is 5.91 Å². The summed E-state index contributed by atoms with van der Waals surface area (Å²) < 4.78 is 1.16. The van der Waals surface area contributed by atoms with Crippen LogP contribution in [0.1, 0.15) is 21.5 Å². The van der Waals surface area contributed by atoms with Crippen molar-refractivity contribution in [2.24, 2.45) is 0 Å². The van der Waals surface area contributed by atoms with Gasteiger partial charge in [-0.1, -0.05) is 42.0 Å². The van der Waals surface area contributed by atoms with E-state index in [1.807, 2.05) is 68.4 Å². The molecule has 0 aliphatic heterocycles. The number of aromatic nitrogens is 1. The zero-order valence-electron chi connectivity index (χ0n) is 14.6. The highest BCUT2D eigenvalue weighted by atomic mass is 32.1.